The first-order valence-electron chi connectivity index (χ1n) is 7.36. The highest BCUT2D eigenvalue weighted by Gasteiger charge is 2.20. The predicted molar refractivity (Wildman–Crippen MR) is 98.4 cm³/mol. The van der Waals surface area contributed by atoms with Crippen molar-refractivity contribution in [3.63, 3.8) is 0 Å². The summed E-state index contributed by atoms with van der Waals surface area (Å²) >= 11 is 1.13. The van der Waals surface area contributed by atoms with Crippen molar-refractivity contribution in [2.75, 3.05) is 17.6 Å². The maximum Gasteiger partial charge on any atom is 0.193 e. The Hall–Kier alpha value is -1.90. The van der Waals surface area contributed by atoms with Gasteiger partial charge in [0.05, 0.1) is 18.4 Å². The molecule has 4 N–H and O–H groups in total. The second kappa shape index (κ2) is 7.78. The van der Waals surface area contributed by atoms with Gasteiger partial charge in [0.1, 0.15) is 4.21 Å². The van der Waals surface area contributed by atoms with Gasteiger partial charge in [-0.2, -0.15) is 0 Å². The molecule has 0 aliphatic carbocycles. The molecule has 0 bridgehead atoms. The molecule has 130 valence electrons. The first-order valence-corrected chi connectivity index (χ1v) is 9.89. The van der Waals surface area contributed by atoms with Crippen molar-refractivity contribution < 1.29 is 13.5 Å². The van der Waals surface area contributed by atoms with Gasteiger partial charge in [-0.1, -0.05) is 12.1 Å². The van der Waals surface area contributed by atoms with Crippen LogP contribution in [-0.4, -0.2) is 37.9 Å². The van der Waals surface area contributed by atoms with Crippen molar-refractivity contribution in [3.8, 4) is 0 Å². The summed E-state index contributed by atoms with van der Waals surface area (Å²) in [5.74, 6) is -0.249. The molecule has 2 rings (SSSR count). The van der Waals surface area contributed by atoms with Crippen molar-refractivity contribution >= 4 is 32.8 Å². The Bertz CT molecular complexity index is 795. The fourth-order valence-electron chi connectivity index (χ4n) is 2.27. The van der Waals surface area contributed by atoms with Crippen LogP contribution in [0.2, 0.25) is 0 Å². The number of nitrogens with two attached hydrogens (primary N) is 1. The molecular weight excluding hydrogens is 346 g/mol. The lowest BCUT2D eigenvalue weighted by molar-refractivity contribution is 0.206. The maximum atomic E-state index is 12.1. The van der Waals surface area contributed by atoms with Gasteiger partial charge >= 0.3 is 0 Å². The van der Waals surface area contributed by atoms with E-state index in [4.69, 9.17) is 5.73 Å². The second-order valence-corrected chi connectivity index (χ2v) is 8.80. The van der Waals surface area contributed by atoms with Gasteiger partial charge in [0, 0.05) is 5.69 Å². The zero-order valence-corrected chi connectivity index (χ0v) is 15.2. The summed E-state index contributed by atoms with van der Waals surface area (Å²) in [5.41, 5.74) is 8.77. The Morgan fingerprint density at radius 3 is 2.58 bits per heavy atom. The van der Waals surface area contributed by atoms with Crippen molar-refractivity contribution in [1.82, 2.24) is 0 Å². The number of thiophene rings is 1. The summed E-state index contributed by atoms with van der Waals surface area (Å²) < 4.78 is 24.4. The van der Waals surface area contributed by atoms with Gasteiger partial charge < -0.3 is 16.2 Å². The normalized spacial score (nSPS) is 13.7. The minimum Gasteiger partial charge on any atom is -0.390 e. The van der Waals surface area contributed by atoms with Crippen LogP contribution in [0.1, 0.15) is 11.1 Å². The number of aryl methyl sites for hydroxylation is 2. The fourth-order valence-corrected chi connectivity index (χ4v) is 4.73. The highest BCUT2D eigenvalue weighted by atomic mass is 32.2. The molecule has 1 aromatic heterocycles. The standard InChI is InChI=1S/C16H21N3O3S2/c1-11-6-12(2)8-13(7-11)19-16(17)18-9-14(20)10-24(21,22)15-4-3-5-23-15/h3-8,14,20H,9-10H2,1-2H3,(H3,17,18,19). The van der Waals surface area contributed by atoms with Crippen LogP contribution in [0.4, 0.5) is 5.69 Å². The number of anilines is 1. The average Bonchev–Trinajstić information content (AvgIpc) is 2.98. The number of hydrogen-bond donors (Lipinski definition) is 3. The van der Waals surface area contributed by atoms with E-state index in [-0.39, 0.29) is 22.5 Å². The first kappa shape index (κ1) is 18.4. The summed E-state index contributed by atoms with van der Waals surface area (Å²) in [6.07, 6.45) is -1.11. The Morgan fingerprint density at radius 1 is 1.33 bits per heavy atom. The number of aliphatic hydroxyl groups excluding tert-OH is 1. The Morgan fingerprint density at radius 2 is 2.00 bits per heavy atom. The van der Waals surface area contributed by atoms with Gasteiger partial charge in [-0.15, -0.1) is 11.3 Å². The van der Waals surface area contributed by atoms with E-state index in [1.54, 1.807) is 11.4 Å². The largest absolute Gasteiger partial charge is 0.390 e. The monoisotopic (exact) mass is 367 g/mol. The highest BCUT2D eigenvalue weighted by Crippen LogP contribution is 2.18. The highest BCUT2D eigenvalue weighted by molar-refractivity contribution is 7.93. The van der Waals surface area contributed by atoms with Crippen LogP contribution < -0.4 is 11.1 Å². The molecule has 2 aromatic rings. The van der Waals surface area contributed by atoms with Gasteiger partial charge in [0.25, 0.3) is 0 Å². The van der Waals surface area contributed by atoms with Crippen molar-refractivity contribution in [2.45, 2.75) is 24.2 Å². The minimum absolute atomic E-state index is 0.0891. The topological polar surface area (TPSA) is 105 Å². The molecule has 1 aromatic carbocycles. The number of sulfone groups is 1. The van der Waals surface area contributed by atoms with Crippen LogP contribution in [0.3, 0.4) is 0 Å². The lowest BCUT2D eigenvalue weighted by Crippen LogP contribution is -2.28. The first-order chi connectivity index (χ1) is 11.3. The molecule has 0 fully saturated rings. The van der Waals surface area contributed by atoms with E-state index in [9.17, 15) is 13.5 Å². The number of nitrogens with zero attached hydrogens (tertiary/aromatic N) is 1. The van der Waals surface area contributed by atoms with Crippen molar-refractivity contribution in [1.29, 1.82) is 0 Å². The van der Waals surface area contributed by atoms with E-state index in [0.29, 0.717) is 0 Å². The third-order valence-corrected chi connectivity index (χ3v) is 6.46. The van der Waals surface area contributed by atoms with Gasteiger partial charge in [-0.3, -0.25) is 4.99 Å². The summed E-state index contributed by atoms with van der Waals surface area (Å²) in [6.45, 7) is 3.86. The third kappa shape index (κ3) is 5.33. The summed E-state index contributed by atoms with van der Waals surface area (Å²) in [7, 11) is -3.50. The molecule has 6 nitrogen and oxygen atoms in total. The SMILES string of the molecule is Cc1cc(C)cc(NC(N)=NCC(O)CS(=O)(=O)c2cccs2)c1. The van der Waals surface area contributed by atoms with Gasteiger partial charge in [0.2, 0.25) is 0 Å². The number of hydrogen-bond acceptors (Lipinski definition) is 5. The Labute approximate surface area is 146 Å². The lowest BCUT2D eigenvalue weighted by Gasteiger charge is -2.10. The predicted octanol–water partition coefficient (Wildman–Crippen LogP) is 1.93. The molecule has 1 heterocycles. The summed E-state index contributed by atoms with van der Waals surface area (Å²) in [6, 6.07) is 9.07. The number of benzene rings is 1. The van der Waals surface area contributed by atoms with Crippen LogP contribution >= 0.6 is 11.3 Å². The van der Waals surface area contributed by atoms with Crippen molar-refractivity contribution in [2.24, 2.45) is 10.7 Å². The zero-order valence-electron chi connectivity index (χ0n) is 13.6. The van der Waals surface area contributed by atoms with Crippen LogP contribution in [0.5, 0.6) is 0 Å². The number of guanidine groups is 1. The maximum absolute atomic E-state index is 12.1. The van der Waals surface area contributed by atoms with Crippen molar-refractivity contribution in [3.05, 3.63) is 46.8 Å². The van der Waals surface area contributed by atoms with E-state index in [0.717, 1.165) is 28.2 Å². The summed E-state index contributed by atoms with van der Waals surface area (Å²) in [5, 5.41) is 14.5. The third-order valence-electron chi connectivity index (χ3n) is 3.18. The number of rotatable bonds is 6. The van der Waals surface area contributed by atoms with Crippen LogP contribution in [-0.2, 0) is 9.84 Å². The number of aliphatic imine (C=N–C) groups is 1. The second-order valence-electron chi connectivity index (χ2n) is 5.59. The average molecular weight is 367 g/mol. The zero-order chi connectivity index (χ0) is 17.7. The number of aliphatic hydroxyl groups is 1. The van der Waals surface area contributed by atoms with E-state index in [1.165, 1.54) is 6.07 Å². The molecule has 0 aliphatic heterocycles. The summed E-state index contributed by atoms with van der Waals surface area (Å²) in [4.78, 5) is 4.02. The Balaban J connectivity index is 1.94. The molecule has 1 unspecified atom stereocenters. The molecule has 0 amide bonds. The van der Waals surface area contributed by atoms with E-state index in [2.05, 4.69) is 10.3 Å². The molecule has 0 saturated heterocycles. The molecule has 0 aliphatic rings. The van der Waals surface area contributed by atoms with E-state index >= 15 is 0 Å². The molecule has 0 spiro atoms. The minimum atomic E-state index is -3.50. The molecule has 24 heavy (non-hydrogen) atoms. The van der Waals surface area contributed by atoms with Gasteiger partial charge in [0.15, 0.2) is 15.8 Å². The van der Waals surface area contributed by atoms with Crippen LogP contribution in [0, 0.1) is 13.8 Å². The molecule has 8 heteroatoms. The van der Waals surface area contributed by atoms with E-state index in [1.807, 2.05) is 32.0 Å². The van der Waals surface area contributed by atoms with E-state index < -0.39 is 15.9 Å². The lowest BCUT2D eigenvalue weighted by atomic mass is 10.1. The van der Waals surface area contributed by atoms with Gasteiger partial charge in [-0.25, -0.2) is 8.42 Å². The van der Waals surface area contributed by atoms with Crippen LogP contribution in [0.15, 0.2) is 44.9 Å². The van der Waals surface area contributed by atoms with Gasteiger partial charge in [-0.05, 0) is 48.6 Å². The smallest absolute Gasteiger partial charge is 0.193 e. The molecular formula is C16H21N3O3S2. The molecule has 1 atom stereocenters. The molecule has 0 radical (unpaired) electrons. The molecule has 0 saturated carbocycles. The Kier molecular flexibility index (Phi) is 5.98. The van der Waals surface area contributed by atoms with Crippen LogP contribution in [0.25, 0.3) is 0 Å². The quantitative estimate of drug-likeness (QED) is 0.534. The number of nitrogens with one attached hydrogen (secondary N) is 1. The fraction of sp³-hybridized carbons (Fsp3) is 0.312.